The molecule has 2 aromatic heterocycles. The van der Waals surface area contributed by atoms with Gasteiger partial charge in [-0.05, 0) is 53.8 Å². The Morgan fingerprint density at radius 3 is 2.40 bits per heavy atom. The van der Waals surface area contributed by atoms with Gasteiger partial charge in [0.05, 0.1) is 10.5 Å². The fourth-order valence-corrected chi connectivity index (χ4v) is 6.19. The molecule has 0 aliphatic carbocycles. The second kappa shape index (κ2) is 12.1. The summed E-state index contributed by atoms with van der Waals surface area (Å²) in [6.45, 7) is 1.11. The van der Waals surface area contributed by atoms with E-state index in [2.05, 4.69) is 4.98 Å². The number of benzene rings is 1. The third-order valence-electron chi connectivity index (χ3n) is 4.96. The van der Waals surface area contributed by atoms with Gasteiger partial charge in [0.2, 0.25) is 5.88 Å². The normalized spacial score (nSPS) is 12.3. The van der Waals surface area contributed by atoms with E-state index in [4.69, 9.17) is 39.0 Å². The Bertz CT molecular complexity index is 1270. The molecule has 14 heteroatoms. The average molecular weight is 581 g/mol. The maximum absolute atomic E-state index is 13.4. The maximum Gasteiger partial charge on any atom is 0.328 e. The van der Waals surface area contributed by atoms with Gasteiger partial charge in [0, 0.05) is 36.7 Å². The molecule has 2 heterocycles. The van der Waals surface area contributed by atoms with Crippen LogP contribution in [0.5, 0.6) is 11.6 Å². The highest BCUT2D eigenvalue weighted by atomic mass is 35.5. The molecule has 1 N–H and O–H groups in total. The van der Waals surface area contributed by atoms with Crippen molar-refractivity contribution in [3.63, 3.8) is 0 Å². The summed E-state index contributed by atoms with van der Waals surface area (Å²) in [6, 6.07) is 9.05. The molecule has 0 aliphatic rings. The minimum atomic E-state index is -4.42. The topological polar surface area (TPSA) is 123 Å². The largest absolute Gasteiger partial charge is 0.492 e. The van der Waals surface area contributed by atoms with Crippen molar-refractivity contribution in [2.75, 3.05) is 29.7 Å². The Labute approximate surface area is 221 Å². The predicted molar refractivity (Wildman–Crippen MR) is 138 cm³/mol. The van der Waals surface area contributed by atoms with Crippen LogP contribution >= 0.6 is 46.1 Å². The Hall–Kier alpha value is -2.31. The number of halogens is 3. The Morgan fingerprint density at radius 1 is 1.17 bits per heavy atom. The minimum absolute atomic E-state index is 0.0174. The molecule has 1 unspecified atom stereocenters. The second-order valence-electron chi connectivity index (χ2n) is 7.22. The number of hydrogen-bond acceptors (Lipinski definition) is 9. The fraction of sp³-hybridized carbons (Fsp3) is 0.286. The van der Waals surface area contributed by atoms with E-state index < -0.39 is 26.2 Å². The van der Waals surface area contributed by atoms with Crippen LogP contribution in [0.3, 0.4) is 0 Å². The van der Waals surface area contributed by atoms with Gasteiger partial charge in [-0.2, -0.15) is 8.42 Å². The zero-order valence-corrected chi connectivity index (χ0v) is 21.9. The fourth-order valence-electron chi connectivity index (χ4n) is 3.35. The van der Waals surface area contributed by atoms with Gasteiger partial charge in [-0.3, -0.25) is 10.1 Å². The molecule has 1 atom stereocenters. The number of nitrogens with zero attached hydrogens (tertiary/aromatic N) is 3. The number of anilines is 1. The minimum Gasteiger partial charge on any atom is -0.492 e. The van der Waals surface area contributed by atoms with Crippen molar-refractivity contribution in [2.45, 2.75) is 11.7 Å². The summed E-state index contributed by atoms with van der Waals surface area (Å²) in [7, 11) is -4.42. The summed E-state index contributed by atoms with van der Waals surface area (Å²) in [5, 5.41) is 20.7. The van der Waals surface area contributed by atoms with E-state index in [0.717, 1.165) is 17.0 Å². The lowest BCUT2D eigenvalue weighted by Gasteiger charge is -2.23. The first-order valence-electron chi connectivity index (χ1n) is 10.1. The van der Waals surface area contributed by atoms with Gasteiger partial charge in [0.25, 0.3) is 0 Å². The van der Waals surface area contributed by atoms with Gasteiger partial charge in [0.15, 0.2) is 0 Å². The first-order chi connectivity index (χ1) is 16.7. The number of alkyl halides is 2. The predicted octanol–water partition coefficient (Wildman–Crippen LogP) is 5.39. The number of aromatic hydroxyl groups is 1. The van der Waals surface area contributed by atoms with Gasteiger partial charge in [-0.15, -0.1) is 23.2 Å². The van der Waals surface area contributed by atoms with Crippen molar-refractivity contribution in [2.24, 2.45) is 0 Å². The maximum atomic E-state index is 13.4. The molecule has 0 radical (unpaired) electrons. The van der Waals surface area contributed by atoms with Crippen molar-refractivity contribution in [1.82, 2.24) is 4.98 Å². The summed E-state index contributed by atoms with van der Waals surface area (Å²) in [5.41, 5.74) is 1.11. The summed E-state index contributed by atoms with van der Waals surface area (Å²) < 4.78 is 32.1. The van der Waals surface area contributed by atoms with Crippen molar-refractivity contribution in [1.29, 1.82) is 0 Å². The quantitative estimate of drug-likeness (QED) is 0.131. The van der Waals surface area contributed by atoms with Gasteiger partial charge in [-0.1, -0.05) is 22.9 Å². The van der Waals surface area contributed by atoms with E-state index in [1.54, 1.807) is 12.1 Å². The number of nitro groups is 1. The van der Waals surface area contributed by atoms with Crippen LogP contribution in [-0.2, 0) is 16.5 Å². The van der Waals surface area contributed by atoms with Crippen molar-refractivity contribution in [3.05, 3.63) is 74.2 Å². The Morgan fingerprint density at radius 2 is 1.83 bits per heavy atom. The number of rotatable bonds is 12. The van der Waals surface area contributed by atoms with Crippen LogP contribution in [0.25, 0.3) is 0 Å². The molecule has 0 fully saturated rings. The van der Waals surface area contributed by atoms with Crippen LogP contribution in [-0.4, -0.2) is 48.3 Å². The number of aromatic nitrogens is 1. The molecule has 35 heavy (non-hydrogen) atoms. The zero-order valence-electron chi connectivity index (χ0n) is 18.0. The van der Waals surface area contributed by atoms with Crippen LogP contribution in [0.4, 0.5) is 10.7 Å². The molecule has 0 saturated carbocycles. The van der Waals surface area contributed by atoms with Crippen LogP contribution in [0.1, 0.15) is 16.4 Å². The highest BCUT2D eigenvalue weighted by Gasteiger charge is 2.36. The summed E-state index contributed by atoms with van der Waals surface area (Å²) >= 11 is 18.4. The number of thiophene rings is 1. The average Bonchev–Trinajstić information content (AvgIpc) is 3.29. The van der Waals surface area contributed by atoms with Crippen molar-refractivity contribution < 1.29 is 22.6 Å². The van der Waals surface area contributed by atoms with Gasteiger partial charge < -0.3 is 14.2 Å². The summed E-state index contributed by atoms with van der Waals surface area (Å²) in [6.07, 6.45) is 1.03. The monoisotopic (exact) mass is 579 g/mol. The standard InChI is InChI=1S/C21H20Cl3N3O6S2/c22-6-8-26(9-7-23)15-1-3-16(4-2-15)33-35(31,32)19(17-5-10-34-21(17)27(29)30)12-14-11-18(24)20(28)25-13-14/h1-5,10-11,13,19H,6-9,12H2,(H,25,28). The van der Waals surface area contributed by atoms with E-state index in [0.29, 0.717) is 30.4 Å². The molecule has 0 amide bonds. The van der Waals surface area contributed by atoms with Crippen LogP contribution in [0, 0.1) is 10.1 Å². The molecule has 1 aromatic carbocycles. The van der Waals surface area contributed by atoms with Gasteiger partial charge in [-0.25, -0.2) is 4.98 Å². The SMILES string of the molecule is O=[N+]([O-])c1sccc1C(Cc1cnc(O)c(Cl)c1)S(=O)(=O)Oc1ccc(N(CCCl)CCCl)cc1. The first-order valence-corrected chi connectivity index (χ1v) is 13.9. The van der Waals surface area contributed by atoms with E-state index in [1.165, 1.54) is 35.8 Å². The number of hydrogen-bond donors (Lipinski definition) is 1. The van der Waals surface area contributed by atoms with E-state index in [-0.39, 0.29) is 27.8 Å². The Kier molecular flexibility index (Phi) is 9.42. The Balaban J connectivity index is 1.93. The molecule has 188 valence electrons. The first kappa shape index (κ1) is 27.3. The molecule has 0 bridgehead atoms. The molecule has 3 rings (SSSR count). The lowest BCUT2D eigenvalue weighted by Crippen LogP contribution is -2.27. The molecule has 0 aliphatic heterocycles. The molecular formula is C21H20Cl3N3O6S2. The third kappa shape index (κ3) is 6.89. The van der Waals surface area contributed by atoms with Crippen LogP contribution in [0.2, 0.25) is 5.02 Å². The number of pyridine rings is 1. The van der Waals surface area contributed by atoms with E-state index in [9.17, 15) is 23.6 Å². The van der Waals surface area contributed by atoms with Gasteiger partial charge >= 0.3 is 15.1 Å². The third-order valence-corrected chi connectivity index (χ3v) is 8.00. The van der Waals surface area contributed by atoms with Crippen LogP contribution in [0.15, 0.2) is 48.0 Å². The molecule has 0 saturated heterocycles. The van der Waals surface area contributed by atoms with E-state index in [1.807, 2.05) is 4.90 Å². The highest BCUT2D eigenvalue weighted by Crippen LogP contribution is 2.39. The molecule has 3 aromatic rings. The molecular weight excluding hydrogens is 561 g/mol. The van der Waals surface area contributed by atoms with Crippen molar-refractivity contribution in [3.8, 4) is 11.6 Å². The zero-order chi connectivity index (χ0) is 25.6. The van der Waals surface area contributed by atoms with Gasteiger partial charge in [0.1, 0.15) is 16.0 Å². The smallest absolute Gasteiger partial charge is 0.328 e. The highest BCUT2D eigenvalue weighted by molar-refractivity contribution is 7.87. The lowest BCUT2D eigenvalue weighted by molar-refractivity contribution is -0.380. The molecule has 0 spiro atoms. The molecule has 9 nitrogen and oxygen atoms in total. The van der Waals surface area contributed by atoms with E-state index >= 15 is 0 Å². The van der Waals surface area contributed by atoms with Crippen molar-refractivity contribution >= 4 is 66.9 Å². The second-order valence-corrected chi connectivity index (χ2v) is 11.0. The van der Waals surface area contributed by atoms with Crippen LogP contribution < -0.4 is 9.08 Å². The lowest BCUT2D eigenvalue weighted by atomic mass is 10.1. The summed E-state index contributed by atoms with van der Waals surface area (Å²) in [4.78, 5) is 16.6. The summed E-state index contributed by atoms with van der Waals surface area (Å²) in [5.74, 6) is 0.405.